The van der Waals surface area contributed by atoms with E-state index < -0.39 is 0 Å². The van der Waals surface area contributed by atoms with Crippen molar-refractivity contribution < 1.29 is 0 Å². The van der Waals surface area contributed by atoms with Crippen molar-refractivity contribution >= 4 is 22.8 Å². The Kier molecular flexibility index (Phi) is 1.38. The topological polar surface area (TPSA) is 30.7 Å². The van der Waals surface area contributed by atoms with Crippen molar-refractivity contribution in [2.45, 2.75) is 18.8 Å². The average Bonchev–Trinajstić information content (AvgIpc) is 2.94. The van der Waals surface area contributed by atoms with Gasteiger partial charge in [-0.1, -0.05) is 0 Å². The molecule has 4 heteroatoms. The highest BCUT2D eigenvalue weighted by Gasteiger charge is 2.29. The van der Waals surface area contributed by atoms with Crippen LogP contribution in [0.25, 0.3) is 11.0 Å². The maximum absolute atomic E-state index is 5.89. The summed E-state index contributed by atoms with van der Waals surface area (Å²) in [5.74, 6) is 0.617. The zero-order valence-electron chi connectivity index (χ0n) is 6.94. The summed E-state index contributed by atoms with van der Waals surface area (Å²) in [5, 5.41) is 5.37. The zero-order chi connectivity index (χ0) is 8.84. The molecule has 66 valence electrons. The van der Waals surface area contributed by atoms with Gasteiger partial charge in [-0.25, -0.2) is 4.98 Å². The van der Waals surface area contributed by atoms with Gasteiger partial charge in [0.15, 0.2) is 5.65 Å². The molecule has 0 aliphatic heterocycles. The Hall–Kier alpha value is -1.09. The fourth-order valence-electron chi connectivity index (χ4n) is 1.60. The highest BCUT2D eigenvalue weighted by atomic mass is 35.5. The summed E-state index contributed by atoms with van der Waals surface area (Å²) in [6, 6.07) is 3.95. The SMILES string of the molecule is Cln1nc(C2CC2)c2cccnc21. The van der Waals surface area contributed by atoms with Gasteiger partial charge in [0, 0.05) is 29.3 Å². The van der Waals surface area contributed by atoms with Crippen molar-refractivity contribution in [1.82, 2.24) is 14.3 Å². The molecule has 0 aromatic carbocycles. The third-order valence-corrected chi connectivity index (χ3v) is 2.63. The second-order valence-electron chi connectivity index (χ2n) is 3.39. The van der Waals surface area contributed by atoms with Gasteiger partial charge < -0.3 is 0 Å². The summed E-state index contributed by atoms with van der Waals surface area (Å²) >= 11 is 5.89. The Morgan fingerprint density at radius 3 is 3.08 bits per heavy atom. The van der Waals surface area contributed by atoms with E-state index in [4.69, 9.17) is 11.8 Å². The van der Waals surface area contributed by atoms with Gasteiger partial charge in [-0.2, -0.15) is 9.30 Å². The van der Waals surface area contributed by atoms with E-state index in [-0.39, 0.29) is 0 Å². The molecule has 1 aliphatic rings. The van der Waals surface area contributed by atoms with Crippen molar-refractivity contribution in [3.8, 4) is 0 Å². The molecule has 0 amide bonds. The first-order valence-corrected chi connectivity index (χ1v) is 4.70. The van der Waals surface area contributed by atoms with Gasteiger partial charge in [0.25, 0.3) is 0 Å². The van der Waals surface area contributed by atoms with Crippen molar-refractivity contribution in [2.24, 2.45) is 0 Å². The quantitative estimate of drug-likeness (QED) is 0.696. The molecular weight excluding hydrogens is 186 g/mol. The van der Waals surface area contributed by atoms with E-state index in [2.05, 4.69) is 10.1 Å². The molecule has 2 heterocycles. The normalized spacial score (nSPS) is 16.7. The molecule has 2 aromatic heterocycles. The summed E-state index contributed by atoms with van der Waals surface area (Å²) in [6.45, 7) is 0. The standard InChI is InChI=1S/C9H8ClN3/c10-13-9-7(2-1-5-11-9)8(12-13)6-3-4-6/h1-2,5-6H,3-4H2. The molecule has 1 saturated carbocycles. The Bertz CT molecular complexity index is 459. The third-order valence-electron chi connectivity index (χ3n) is 2.40. The maximum Gasteiger partial charge on any atom is 0.176 e. The molecule has 3 rings (SSSR count). The summed E-state index contributed by atoms with van der Waals surface area (Å²) in [7, 11) is 0. The number of fused-ring (bicyclic) bond motifs is 1. The lowest BCUT2D eigenvalue weighted by Crippen LogP contribution is -1.84. The second kappa shape index (κ2) is 2.45. The number of nitrogens with zero attached hydrogens (tertiary/aromatic N) is 3. The Morgan fingerprint density at radius 2 is 2.31 bits per heavy atom. The smallest absolute Gasteiger partial charge is 0.176 e. The van der Waals surface area contributed by atoms with E-state index in [1.54, 1.807) is 6.20 Å². The monoisotopic (exact) mass is 193 g/mol. The van der Waals surface area contributed by atoms with E-state index in [1.807, 2.05) is 12.1 Å². The average molecular weight is 194 g/mol. The van der Waals surface area contributed by atoms with Crippen LogP contribution in [0.5, 0.6) is 0 Å². The molecule has 1 aliphatic carbocycles. The molecule has 0 spiro atoms. The summed E-state index contributed by atoms with van der Waals surface area (Å²) in [6.07, 6.45) is 4.20. The summed E-state index contributed by atoms with van der Waals surface area (Å²) < 4.78 is 1.35. The Balaban J connectivity index is 2.34. The predicted octanol–water partition coefficient (Wildman–Crippen LogP) is 2.31. The van der Waals surface area contributed by atoms with Gasteiger partial charge in [-0.15, -0.1) is 0 Å². The first kappa shape index (κ1) is 7.33. The lowest BCUT2D eigenvalue weighted by molar-refractivity contribution is 0.924. The Labute approximate surface area is 80.4 Å². The molecule has 0 unspecified atom stereocenters. The number of aromatic nitrogens is 3. The van der Waals surface area contributed by atoms with Gasteiger partial charge in [0.1, 0.15) is 0 Å². The number of hydrogen-bond acceptors (Lipinski definition) is 2. The lowest BCUT2D eigenvalue weighted by atomic mass is 10.2. The number of halogens is 1. The van der Waals surface area contributed by atoms with Crippen LogP contribution in [0.2, 0.25) is 0 Å². The molecule has 1 fully saturated rings. The van der Waals surface area contributed by atoms with Gasteiger partial charge in [0.05, 0.1) is 5.69 Å². The number of rotatable bonds is 1. The van der Waals surface area contributed by atoms with Crippen LogP contribution in [0.4, 0.5) is 0 Å². The van der Waals surface area contributed by atoms with Crippen LogP contribution in [0.1, 0.15) is 24.5 Å². The fourth-order valence-corrected chi connectivity index (χ4v) is 1.81. The second-order valence-corrected chi connectivity index (χ2v) is 3.71. The number of hydrogen-bond donors (Lipinski definition) is 0. The van der Waals surface area contributed by atoms with E-state index in [0.717, 1.165) is 16.7 Å². The highest BCUT2D eigenvalue weighted by Crippen LogP contribution is 2.42. The minimum absolute atomic E-state index is 0.617. The van der Waals surface area contributed by atoms with Crippen LogP contribution < -0.4 is 0 Å². The van der Waals surface area contributed by atoms with Crippen LogP contribution in [0.15, 0.2) is 18.3 Å². The van der Waals surface area contributed by atoms with Crippen LogP contribution in [-0.4, -0.2) is 14.3 Å². The van der Waals surface area contributed by atoms with E-state index in [9.17, 15) is 0 Å². The molecule has 13 heavy (non-hydrogen) atoms. The summed E-state index contributed by atoms with van der Waals surface area (Å²) in [4.78, 5) is 4.18. The zero-order valence-corrected chi connectivity index (χ0v) is 7.70. The summed E-state index contributed by atoms with van der Waals surface area (Å²) in [5.41, 5.74) is 1.88. The third kappa shape index (κ3) is 1.04. The minimum atomic E-state index is 0.617. The molecule has 3 nitrogen and oxygen atoms in total. The lowest BCUT2D eigenvalue weighted by Gasteiger charge is -1.89. The Morgan fingerprint density at radius 1 is 1.46 bits per heavy atom. The van der Waals surface area contributed by atoms with Crippen LogP contribution in [0.3, 0.4) is 0 Å². The van der Waals surface area contributed by atoms with Crippen LogP contribution >= 0.6 is 11.8 Å². The molecule has 0 N–H and O–H groups in total. The highest BCUT2D eigenvalue weighted by molar-refractivity contribution is 6.18. The molecule has 2 aromatic rings. The first-order chi connectivity index (χ1) is 6.36. The van der Waals surface area contributed by atoms with E-state index in [1.165, 1.54) is 17.0 Å². The van der Waals surface area contributed by atoms with E-state index in [0.29, 0.717) is 5.92 Å². The van der Waals surface area contributed by atoms with Crippen LogP contribution in [0, 0.1) is 0 Å². The fraction of sp³-hybridized carbons (Fsp3) is 0.333. The van der Waals surface area contributed by atoms with Crippen LogP contribution in [-0.2, 0) is 0 Å². The molecule has 0 atom stereocenters. The largest absolute Gasteiger partial charge is 0.236 e. The van der Waals surface area contributed by atoms with Gasteiger partial charge >= 0.3 is 0 Å². The van der Waals surface area contributed by atoms with Crippen molar-refractivity contribution in [1.29, 1.82) is 0 Å². The molecule has 0 bridgehead atoms. The molecule has 0 saturated heterocycles. The maximum atomic E-state index is 5.89. The van der Waals surface area contributed by atoms with Gasteiger partial charge in [-0.3, -0.25) is 0 Å². The van der Waals surface area contributed by atoms with Gasteiger partial charge in [-0.05, 0) is 25.0 Å². The first-order valence-electron chi connectivity index (χ1n) is 4.36. The minimum Gasteiger partial charge on any atom is -0.236 e. The van der Waals surface area contributed by atoms with Crippen molar-refractivity contribution in [3.63, 3.8) is 0 Å². The van der Waals surface area contributed by atoms with E-state index >= 15 is 0 Å². The van der Waals surface area contributed by atoms with Crippen molar-refractivity contribution in [3.05, 3.63) is 24.0 Å². The molecular formula is C9H8ClN3. The van der Waals surface area contributed by atoms with Gasteiger partial charge in [0.2, 0.25) is 0 Å². The predicted molar refractivity (Wildman–Crippen MR) is 50.8 cm³/mol. The van der Waals surface area contributed by atoms with Crippen molar-refractivity contribution in [2.75, 3.05) is 0 Å². The number of pyridine rings is 1. The molecule has 0 radical (unpaired) electrons.